The third-order valence-corrected chi connectivity index (χ3v) is 3.19. The summed E-state index contributed by atoms with van der Waals surface area (Å²) in [4.78, 5) is 31.9. The van der Waals surface area contributed by atoms with Crippen molar-refractivity contribution in [2.45, 2.75) is 33.6 Å². The Balaban J connectivity index is 2.83. The maximum Gasteiger partial charge on any atom is 0.263 e. The number of rotatable bonds is 5. The number of hydrogen-bond donors (Lipinski definition) is 1. The number of nitrogens with zero attached hydrogens (tertiary/aromatic N) is 2. The number of carbonyl (C=O) groups is 1. The smallest absolute Gasteiger partial charge is 0.263 e. The third-order valence-electron chi connectivity index (χ3n) is 3.19. The first-order chi connectivity index (χ1) is 8.49. The van der Waals surface area contributed by atoms with Gasteiger partial charge in [0.2, 0.25) is 0 Å². The molecule has 0 aliphatic heterocycles. The van der Waals surface area contributed by atoms with Gasteiger partial charge in [0.1, 0.15) is 11.4 Å². The van der Waals surface area contributed by atoms with E-state index in [-0.39, 0.29) is 17.0 Å². The fourth-order valence-electron chi connectivity index (χ4n) is 1.86. The van der Waals surface area contributed by atoms with Crippen LogP contribution in [0.25, 0.3) is 0 Å². The van der Waals surface area contributed by atoms with Crippen LogP contribution in [0.1, 0.15) is 42.9 Å². The number of hydrogen-bond acceptors (Lipinski definition) is 3. The monoisotopic (exact) mass is 251 g/mol. The third kappa shape index (κ3) is 3.42. The molecular formula is C13H21N3O2. The van der Waals surface area contributed by atoms with Crippen molar-refractivity contribution in [1.82, 2.24) is 14.9 Å². The second-order valence-corrected chi connectivity index (χ2v) is 4.58. The molecule has 1 heterocycles. The number of aromatic amines is 1. The Morgan fingerprint density at radius 2 is 2.06 bits per heavy atom. The van der Waals surface area contributed by atoms with Crippen molar-refractivity contribution in [1.29, 1.82) is 0 Å². The highest BCUT2D eigenvalue weighted by molar-refractivity contribution is 5.93. The van der Waals surface area contributed by atoms with E-state index in [0.717, 1.165) is 12.8 Å². The molecular weight excluding hydrogens is 230 g/mol. The molecule has 0 aliphatic carbocycles. The van der Waals surface area contributed by atoms with Gasteiger partial charge in [-0.15, -0.1) is 0 Å². The van der Waals surface area contributed by atoms with Gasteiger partial charge in [0.15, 0.2) is 0 Å². The molecule has 100 valence electrons. The Morgan fingerprint density at radius 1 is 1.44 bits per heavy atom. The molecule has 0 aliphatic rings. The van der Waals surface area contributed by atoms with Crippen molar-refractivity contribution in [2.24, 2.45) is 5.92 Å². The SMILES string of the molecule is CCC(CC)CN(C)C(=O)c1cnc(C)[nH]c1=O. The summed E-state index contributed by atoms with van der Waals surface area (Å²) in [6, 6.07) is 0. The van der Waals surface area contributed by atoms with Gasteiger partial charge >= 0.3 is 0 Å². The predicted octanol–water partition coefficient (Wildman–Crippen LogP) is 1.59. The van der Waals surface area contributed by atoms with Crippen LogP contribution in [0, 0.1) is 12.8 Å². The average molecular weight is 251 g/mol. The van der Waals surface area contributed by atoms with Crippen molar-refractivity contribution in [3.8, 4) is 0 Å². The molecule has 0 saturated heterocycles. The summed E-state index contributed by atoms with van der Waals surface area (Å²) in [5, 5.41) is 0. The lowest BCUT2D eigenvalue weighted by atomic mass is 10.0. The van der Waals surface area contributed by atoms with Crippen LogP contribution < -0.4 is 5.56 Å². The van der Waals surface area contributed by atoms with Crippen molar-refractivity contribution < 1.29 is 4.79 Å². The zero-order chi connectivity index (χ0) is 13.7. The van der Waals surface area contributed by atoms with Crippen LogP contribution in [0.5, 0.6) is 0 Å². The zero-order valence-corrected chi connectivity index (χ0v) is 11.5. The van der Waals surface area contributed by atoms with Crippen LogP contribution in [0.15, 0.2) is 11.0 Å². The average Bonchev–Trinajstić information content (AvgIpc) is 2.34. The highest BCUT2D eigenvalue weighted by atomic mass is 16.2. The van der Waals surface area contributed by atoms with Gasteiger partial charge in [-0.3, -0.25) is 9.59 Å². The largest absolute Gasteiger partial charge is 0.341 e. The van der Waals surface area contributed by atoms with E-state index in [1.807, 2.05) is 0 Å². The number of amides is 1. The Morgan fingerprint density at radius 3 is 2.56 bits per heavy atom. The topological polar surface area (TPSA) is 66.1 Å². The summed E-state index contributed by atoms with van der Waals surface area (Å²) in [5.41, 5.74) is -0.266. The first-order valence-corrected chi connectivity index (χ1v) is 6.30. The Labute approximate surface area is 107 Å². The normalized spacial score (nSPS) is 10.7. The minimum Gasteiger partial charge on any atom is -0.341 e. The molecule has 0 spiro atoms. The molecule has 1 aromatic rings. The molecule has 1 aromatic heterocycles. The maximum atomic E-state index is 12.1. The van der Waals surface area contributed by atoms with Gasteiger partial charge in [-0.25, -0.2) is 4.98 Å². The van der Waals surface area contributed by atoms with E-state index in [1.165, 1.54) is 6.20 Å². The van der Waals surface area contributed by atoms with Crippen molar-refractivity contribution >= 4 is 5.91 Å². The fourth-order valence-corrected chi connectivity index (χ4v) is 1.86. The second kappa shape index (κ2) is 6.33. The molecule has 0 atom stereocenters. The summed E-state index contributed by atoms with van der Waals surface area (Å²) in [6.45, 7) is 6.56. The molecule has 1 rings (SSSR count). The number of nitrogens with one attached hydrogen (secondary N) is 1. The number of carbonyl (C=O) groups excluding carboxylic acids is 1. The van der Waals surface area contributed by atoms with Gasteiger partial charge in [-0.05, 0) is 12.8 Å². The quantitative estimate of drug-likeness (QED) is 0.864. The van der Waals surface area contributed by atoms with Crippen LogP contribution in [0.3, 0.4) is 0 Å². The van der Waals surface area contributed by atoms with Gasteiger partial charge in [-0.1, -0.05) is 26.7 Å². The molecule has 5 nitrogen and oxygen atoms in total. The molecule has 0 unspecified atom stereocenters. The minimum atomic E-state index is -0.371. The molecule has 1 amide bonds. The summed E-state index contributed by atoms with van der Waals surface area (Å²) < 4.78 is 0. The summed E-state index contributed by atoms with van der Waals surface area (Å²) in [7, 11) is 1.72. The first-order valence-electron chi connectivity index (χ1n) is 6.30. The first kappa shape index (κ1) is 14.4. The maximum absolute atomic E-state index is 12.1. The van der Waals surface area contributed by atoms with Crippen LogP contribution >= 0.6 is 0 Å². The van der Waals surface area contributed by atoms with Crippen molar-refractivity contribution in [3.63, 3.8) is 0 Å². The van der Waals surface area contributed by atoms with E-state index in [9.17, 15) is 9.59 Å². The van der Waals surface area contributed by atoms with E-state index < -0.39 is 0 Å². The molecule has 0 bridgehead atoms. The summed E-state index contributed by atoms with van der Waals surface area (Å²) >= 11 is 0. The minimum absolute atomic E-state index is 0.106. The lowest BCUT2D eigenvalue weighted by Crippen LogP contribution is -2.35. The van der Waals surface area contributed by atoms with Crippen molar-refractivity contribution in [3.05, 3.63) is 27.9 Å². The second-order valence-electron chi connectivity index (χ2n) is 4.58. The molecule has 0 fully saturated rings. The zero-order valence-electron chi connectivity index (χ0n) is 11.5. The highest BCUT2D eigenvalue weighted by Gasteiger charge is 2.18. The molecule has 1 N–H and O–H groups in total. The van der Waals surface area contributed by atoms with Gasteiger partial charge in [-0.2, -0.15) is 0 Å². The predicted molar refractivity (Wildman–Crippen MR) is 70.6 cm³/mol. The van der Waals surface area contributed by atoms with Gasteiger partial charge < -0.3 is 9.88 Å². The molecule has 18 heavy (non-hydrogen) atoms. The van der Waals surface area contributed by atoms with Crippen LogP contribution in [0.2, 0.25) is 0 Å². The standard InChI is InChI=1S/C13H21N3O2/c1-5-10(6-2)8-16(4)13(18)11-7-14-9(3)15-12(11)17/h7,10H,5-6,8H2,1-4H3,(H,14,15,17). The number of H-pyrrole nitrogens is 1. The molecule has 0 radical (unpaired) electrons. The van der Waals surface area contributed by atoms with Crippen molar-refractivity contribution in [2.75, 3.05) is 13.6 Å². The van der Waals surface area contributed by atoms with Gasteiger partial charge in [0, 0.05) is 19.8 Å². The van der Waals surface area contributed by atoms with E-state index in [2.05, 4.69) is 23.8 Å². The fraction of sp³-hybridized carbons (Fsp3) is 0.615. The Hall–Kier alpha value is -1.65. The summed E-state index contributed by atoms with van der Waals surface area (Å²) in [5.74, 6) is 0.714. The van der Waals surface area contributed by atoms with E-state index in [4.69, 9.17) is 0 Å². The Bertz CT molecular complexity index is 464. The van der Waals surface area contributed by atoms with Crippen LogP contribution in [-0.2, 0) is 0 Å². The van der Waals surface area contributed by atoms with Gasteiger partial charge in [0.05, 0.1) is 0 Å². The van der Waals surface area contributed by atoms with E-state index >= 15 is 0 Å². The summed E-state index contributed by atoms with van der Waals surface area (Å²) in [6.07, 6.45) is 3.40. The van der Waals surface area contributed by atoms with Gasteiger partial charge in [0.25, 0.3) is 11.5 Å². The lowest BCUT2D eigenvalue weighted by Gasteiger charge is -2.22. The molecule has 0 saturated carbocycles. The molecule has 0 aromatic carbocycles. The Kier molecular flexibility index (Phi) is 5.07. The number of aryl methyl sites for hydroxylation is 1. The number of aromatic nitrogens is 2. The highest BCUT2D eigenvalue weighted by Crippen LogP contribution is 2.10. The van der Waals surface area contributed by atoms with E-state index in [0.29, 0.717) is 18.3 Å². The van der Waals surface area contributed by atoms with Crippen LogP contribution in [0.4, 0.5) is 0 Å². The lowest BCUT2D eigenvalue weighted by molar-refractivity contribution is 0.0767. The van der Waals surface area contributed by atoms with E-state index in [1.54, 1.807) is 18.9 Å². The molecule has 5 heteroatoms. The van der Waals surface area contributed by atoms with Crippen LogP contribution in [-0.4, -0.2) is 34.4 Å².